The molecule has 0 spiro atoms. The van der Waals surface area contributed by atoms with Crippen LogP contribution in [0.25, 0.3) is 0 Å². The summed E-state index contributed by atoms with van der Waals surface area (Å²) in [6.07, 6.45) is 2.73. The van der Waals surface area contributed by atoms with Gasteiger partial charge in [0.15, 0.2) is 0 Å². The zero-order valence-corrected chi connectivity index (χ0v) is 9.39. The quantitative estimate of drug-likeness (QED) is 0.676. The van der Waals surface area contributed by atoms with Crippen LogP contribution in [0.2, 0.25) is 0 Å². The van der Waals surface area contributed by atoms with E-state index in [1.807, 2.05) is 0 Å². The van der Waals surface area contributed by atoms with E-state index in [0.717, 1.165) is 19.6 Å². The maximum atomic E-state index is 5.84. The summed E-state index contributed by atoms with van der Waals surface area (Å²) in [7, 11) is 0. The third-order valence-corrected chi connectivity index (χ3v) is 2.84. The molecule has 1 heterocycles. The maximum Gasteiger partial charge on any atom is 0.0747 e. The maximum absolute atomic E-state index is 5.84. The fourth-order valence-electron chi connectivity index (χ4n) is 1.69. The zero-order valence-electron chi connectivity index (χ0n) is 9.39. The molecule has 78 valence electrons. The number of rotatable bonds is 1. The van der Waals surface area contributed by atoms with E-state index in [1.54, 1.807) is 0 Å². The molecule has 1 rings (SSSR count). The molecule has 0 bridgehead atoms. The van der Waals surface area contributed by atoms with Crippen LogP contribution in [0, 0.1) is 5.41 Å². The highest BCUT2D eigenvalue weighted by Crippen LogP contribution is 2.23. The van der Waals surface area contributed by atoms with Gasteiger partial charge in [-0.25, -0.2) is 0 Å². The Kier molecular flexibility index (Phi) is 3.74. The molecule has 0 saturated carbocycles. The molecule has 2 nitrogen and oxygen atoms in total. The lowest BCUT2D eigenvalue weighted by atomic mass is 9.89. The molecule has 1 aliphatic heterocycles. The molecule has 0 aromatic heterocycles. The van der Waals surface area contributed by atoms with Crippen LogP contribution in [0.5, 0.6) is 0 Å². The molecule has 1 fully saturated rings. The summed E-state index contributed by atoms with van der Waals surface area (Å²) >= 11 is 0. The standard InChI is InChI=1S/C11H23NO/c1-5-9-6-7-13-10(8-12-9)11(2,3)4/h9-10,12H,5-8H2,1-4H3. The van der Waals surface area contributed by atoms with Crippen molar-refractivity contribution >= 4 is 0 Å². The van der Waals surface area contributed by atoms with Crippen LogP contribution < -0.4 is 5.32 Å². The van der Waals surface area contributed by atoms with E-state index in [9.17, 15) is 0 Å². The van der Waals surface area contributed by atoms with Crippen molar-refractivity contribution in [3.63, 3.8) is 0 Å². The summed E-state index contributed by atoms with van der Waals surface area (Å²) in [5, 5.41) is 3.56. The average Bonchev–Trinajstić information content (AvgIpc) is 2.26. The molecular formula is C11H23NO. The van der Waals surface area contributed by atoms with E-state index in [2.05, 4.69) is 33.0 Å². The van der Waals surface area contributed by atoms with Gasteiger partial charge in [-0.3, -0.25) is 0 Å². The first-order valence-corrected chi connectivity index (χ1v) is 5.39. The predicted octanol–water partition coefficient (Wildman–Crippen LogP) is 2.19. The van der Waals surface area contributed by atoms with E-state index in [0.29, 0.717) is 12.1 Å². The van der Waals surface area contributed by atoms with Gasteiger partial charge in [0.1, 0.15) is 0 Å². The highest BCUT2D eigenvalue weighted by atomic mass is 16.5. The number of hydrogen-bond donors (Lipinski definition) is 1. The Morgan fingerprint density at radius 3 is 2.62 bits per heavy atom. The lowest BCUT2D eigenvalue weighted by molar-refractivity contribution is -0.00566. The normalized spacial score (nSPS) is 31.4. The minimum atomic E-state index is 0.260. The molecule has 0 amide bonds. The Labute approximate surface area is 82.0 Å². The first-order valence-electron chi connectivity index (χ1n) is 5.39. The third kappa shape index (κ3) is 3.28. The second-order valence-corrected chi connectivity index (χ2v) is 5.03. The fraction of sp³-hybridized carbons (Fsp3) is 1.00. The van der Waals surface area contributed by atoms with Gasteiger partial charge in [0.25, 0.3) is 0 Å². The van der Waals surface area contributed by atoms with Crippen LogP contribution in [0.15, 0.2) is 0 Å². The van der Waals surface area contributed by atoms with Crippen LogP contribution in [0.3, 0.4) is 0 Å². The molecule has 13 heavy (non-hydrogen) atoms. The van der Waals surface area contributed by atoms with Gasteiger partial charge in [-0.15, -0.1) is 0 Å². The van der Waals surface area contributed by atoms with Gasteiger partial charge in [0.2, 0.25) is 0 Å². The second-order valence-electron chi connectivity index (χ2n) is 5.03. The number of ether oxygens (including phenoxy) is 1. The Morgan fingerprint density at radius 2 is 2.08 bits per heavy atom. The largest absolute Gasteiger partial charge is 0.376 e. The highest BCUT2D eigenvalue weighted by molar-refractivity contribution is 4.81. The van der Waals surface area contributed by atoms with Crippen molar-refractivity contribution < 1.29 is 4.74 Å². The van der Waals surface area contributed by atoms with Gasteiger partial charge < -0.3 is 10.1 Å². The van der Waals surface area contributed by atoms with Crippen molar-refractivity contribution in [3.05, 3.63) is 0 Å². The zero-order chi connectivity index (χ0) is 9.90. The average molecular weight is 185 g/mol. The van der Waals surface area contributed by atoms with Gasteiger partial charge in [-0.05, 0) is 18.3 Å². The minimum Gasteiger partial charge on any atom is -0.376 e. The molecule has 2 heteroatoms. The summed E-state index contributed by atoms with van der Waals surface area (Å²) in [4.78, 5) is 0. The van der Waals surface area contributed by atoms with Crippen LogP contribution in [0.4, 0.5) is 0 Å². The molecule has 0 aliphatic carbocycles. The Morgan fingerprint density at radius 1 is 1.38 bits per heavy atom. The molecule has 2 atom stereocenters. The molecular weight excluding hydrogens is 162 g/mol. The molecule has 0 radical (unpaired) electrons. The molecule has 1 saturated heterocycles. The van der Waals surface area contributed by atoms with Crippen molar-refractivity contribution in [1.82, 2.24) is 5.32 Å². The minimum absolute atomic E-state index is 0.260. The van der Waals surface area contributed by atoms with Crippen molar-refractivity contribution in [1.29, 1.82) is 0 Å². The van der Waals surface area contributed by atoms with Crippen molar-refractivity contribution in [2.75, 3.05) is 13.2 Å². The Bertz CT molecular complexity index is 151. The van der Waals surface area contributed by atoms with Crippen molar-refractivity contribution in [3.8, 4) is 0 Å². The number of hydrogen-bond acceptors (Lipinski definition) is 2. The number of nitrogens with one attached hydrogen (secondary N) is 1. The second kappa shape index (κ2) is 4.43. The predicted molar refractivity (Wildman–Crippen MR) is 55.9 cm³/mol. The van der Waals surface area contributed by atoms with Gasteiger partial charge in [-0.1, -0.05) is 27.7 Å². The smallest absolute Gasteiger partial charge is 0.0747 e. The summed E-state index contributed by atoms with van der Waals surface area (Å²) in [6, 6.07) is 0.660. The van der Waals surface area contributed by atoms with Crippen LogP contribution in [-0.4, -0.2) is 25.3 Å². The van der Waals surface area contributed by atoms with Crippen LogP contribution >= 0.6 is 0 Å². The first kappa shape index (κ1) is 11.0. The molecule has 0 aromatic rings. The Hall–Kier alpha value is -0.0800. The van der Waals surface area contributed by atoms with Gasteiger partial charge in [-0.2, -0.15) is 0 Å². The Balaban J connectivity index is 2.45. The van der Waals surface area contributed by atoms with E-state index >= 15 is 0 Å². The molecule has 2 unspecified atom stereocenters. The topological polar surface area (TPSA) is 21.3 Å². The molecule has 0 aromatic carbocycles. The highest BCUT2D eigenvalue weighted by Gasteiger charge is 2.27. The van der Waals surface area contributed by atoms with Crippen molar-refractivity contribution in [2.45, 2.75) is 52.7 Å². The SMILES string of the molecule is CCC1CCOC(C(C)(C)C)CN1. The molecule has 1 N–H and O–H groups in total. The summed E-state index contributed by atoms with van der Waals surface area (Å²) < 4.78 is 5.84. The van der Waals surface area contributed by atoms with Gasteiger partial charge in [0, 0.05) is 19.2 Å². The van der Waals surface area contributed by atoms with Crippen LogP contribution in [0.1, 0.15) is 40.5 Å². The monoisotopic (exact) mass is 185 g/mol. The lowest BCUT2D eigenvalue weighted by Crippen LogP contribution is -2.39. The summed E-state index contributed by atoms with van der Waals surface area (Å²) in [5.41, 5.74) is 0.260. The van der Waals surface area contributed by atoms with E-state index < -0.39 is 0 Å². The lowest BCUT2D eigenvalue weighted by Gasteiger charge is -2.29. The molecule has 1 aliphatic rings. The van der Waals surface area contributed by atoms with E-state index in [4.69, 9.17) is 4.74 Å². The summed E-state index contributed by atoms with van der Waals surface area (Å²) in [5.74, 6) is 0. The van der Waals surface area contributed by atoms with E-state index in [-0.39, 0.29) is 5.41 Å². The van der Waals surface area contributed by atoms with Crippen molar-refractivity contribution in [2.24, 2.45) is 5.41 Å². The first-order chi connectivity index (χ1) is 6.04. The summed E-state index contributed by atoms with van der Waals surface area (Å²) in [6.45, 7) is 10.9. The fourth-order valence-corrected chi connectivity index (χ4v) is 1.69. The van der Waals surface area contributed by atoms with Gasteiger partial charge in [0.05, 0.1) is 6.10 Å². The van der Waals surface area contributed by atoms with Crippen LogP contribution in [-0.2, 0) is 4.74 Å². The third-order valence-electron chi connectivity index (χ3n) is 2.84. The van der Waals surface area contributed by atoms with Gasteiger partial charge >= 0.3 is 0 Å². The van der Waals surface area contributed by atoms with E-state index in [1.165, 1.54) is 6.42 Å².